The first kappa shape index (κ1) is 32.4. The van der Waals surface area contributed by atoms with E-state index in [1.165, 1.54) is 0 Å². The molecule has 4 unspecified atom stereocenters. The molecule has 0 saturated carbocycles. The Labute approximate surface area is 249 Å². The number of rotatable bonds is 15. The minimum atomic E-state index is -0.802. The molecule has 2 amide bonds. The fourth-order valence-corrected chi connectivity index (χ4v) is 5.68. The summed E-state index contributed by atoms with van der Waals surface area (Å²) in [4.78, 5) is 33.1. The maximum absolute atomic E-state index is 13.6. The molecule has 0 saturated heterocycles. The SMILES string of the molecule is CC(C)c1nc(CN(C)C(=O)CC(C(=O)NC(Cc2ccccc2)CC(O)C(N)Cc2ccccc2)C(C)C)cs1. The number of hydrogen-bond acceptors (Lipinski definition) is 6. The number of thiazole rings is 1. The molecular formula is C33H46N4O3S. The van der Waals surface area contributed by atoms with E-state index in [9.17, 15) is 14.7 Å². The molecule has 0 aliphatic carbocycles. The maximum Gasteiger partial charge on any atom is 0.224 e. The van der Waals surface area contributed by atoms with Gasteiger partial charge in [0.25, 0.3) is 0 Å². The molecule has 41 heavy (non-hydrogen) atoms. The molecular weight excluding hydrogens is 532 g/mol. The lowest BCUT2D eigenvalue weighted by molar-refractivity contribution is -0.137. The molecule has 0 spiro atoms. The quantitative estimate of drug-likeness (QED) is 0.237. The average Bonchev–Trinajstić information content (AvgIpc) is 3.41. The molecule has 3 aromatic rings. The Kier molecular flexibility index (Phi) is 12.5. The Morgan fingerprint density at radius 2 is 1.56 bits per heavy atom. The van der Waals surface area contributed by atoms with Crippen molar-refractivity contribution in [2.45, 2.75) is 84.0 Å². The summed E-state index contributed by atoms with van der Waals surface area (Å²) in [5.41, 5.74) is 9.37. The van der Waals surface area contributed by atoms with Gasteiger partial charge in [0.05, 0.1) is 23.4 Å². The van der Waals surface area contributed by atoms with E-state index in [1.807, 2.05) is 79.9 Å². The van der Waals surface area contributed by atoms with Crippen LogP contribution in [0.3, 0.4) is 0 Å². The van der Waals surface area contributed by atoms with Crippen LogP contribution in [0.2, 0.25) is 0 Å². The molecule has 1 heterocycles. The number of nitrogens with one attached hydrogen (secondary N) is 1. The average molecular weight is 579 g/mol. The van der Waals surface area contributed by atoms with Crippen LogP contribution in [0.1, 0.15) is 68.3 Å². The number of carbonyl (C=O) groups is 2. The van der Waals surface area contributed by atoms with Gasteiger partial charge < -0.3 is 21.1 Å². The zero-order valence-corrected chi connectivity index (χ0v) is 25.8. The number of benzene rings is 2. The summed E-state index contributed by atoms with van der Waals surface area (Å²) >= 11 is 1.61. The molecule has 8 heteroatoms. The van der Waals surface area contributed by atoms with Crippen molar-refractivity contribution in [2.75, 3.05) is 7.05 Å². The summed E-state index contributed by atoms with van der Waals surface area (Å²) in [6, 6.07) is 18.9. The normalized spacial score (nSPS) is 14.5. The largest absolute Gasteiger partial charge is 0.391 e. The van der Waals surface area contributed by atoms with Gasteiger partial charge in [-0.15, -0.1) is 11.3 Å². The van der Waals surface area contributed by atoms with Crippen LogP contribution in [0.5, 0.6) is 0 Å². The van der Waals surface area contributed by atoms with Crippen LogP contribution in [0.15, 0.2) is 66.0 Å². The van der Waals surface area contributed by atoms with Crippen molar-refractivity contribution < 1.29 is 14.7 Å². The van der Waals surface area contributed by atoms with Crippen molar-refractivity contribution in [3.8, 4) is 0 Å². The monoisotopic (exact) mass is 578 g/mol. The molecule has 0 aliphatic heterocycles. The minimum Gasteiger partial charge on any atom is -0.391 e. The molecule has 1 aromatic heterocycles. The van der Waals surface area contributed by atoms with E-state index in [0.29, 0.717) is 31.7 Å². The predicted octanol–water partition coefficient (Wildman–Crippen LogP) is 4.94. The molecule has 222 valence electrons. The highest BCUT2D eigenvalue weighted by atomic mass is 32.1. The highest BCUT2D eigenvalue weighted by Crippen LogP contribution is 2.22. The number of amides is 2. The van der Waals surface area contributed by atoms with Crippen LogP contribution in [-0.4, -0.2) is 52.0 Å². The van der Waals surface area contributed by atoms with Gasteiger partial charge in [-0.25, -0.2) is 4.98 Å². The Morgan fingerprint density at radius 1 is 0.976 bits per heavy atom. The first-order valence-electron chi connectivity index (χ1n) is 14.5. The fraction of sp³-hybridized carbons (Fsp3) is 0.485. The number of aliphatic hydroxyl groups is 1. The standard InChI is InChI=1S/C33H46N4O3S/c1-22(2)28(19-31(39)37(5)20-27-21-41-33(36-27)23(3)4)32(40)35-26(16-24-12-8-6-9-13-24)18-30(38)29(34)17-25-14-10-7-11-15-25/h6-15,21-23,26,28-30,38H,16-20,34H2,1-5H3,(H,35,40). The summed E-state index contributed by atoms with van der Waals surface area (Å²) in [6.45, 7) is 8.54. The van der Waals surface area contributed by atoms with Crippen LogP contribution in [0.25, 0.3) is 0 Å². The third kappa shape index (κ3) is 10.4. The predicted molar refractivity (Wildman–Crippen MR) is 166 cm³/mol. The third-order valence-corrected chi connectivity index (χ3v) is 8.62. The molecule has 7 nitrogen and oxygen atoms in total. The fourth-order valence-electron chi connectivity index (χ4n) is 4.86. The summed E-state index contributed by atoms with van der Waals surface area (Å²) in [6.07, 6.45) is 0.719. The molecule has 2 aromatic carbocycles. The number of hydrogen-bond donors (Lipinski definition) is 3. The van der Waals surface area contributed by atoms with Crippen molar-refractivity contribution >= 4 is 23.2 Å². The van der Waals surface area contributed by atoms with Crippen LogP contribution in [0.4, 0.5) is 0 Å². The molecule has 0 bridgehead atoms. The molecule has 0 fully saturated rings. The Hall–Kier alpha value is -3.07. The van der Waals surface area contributed by atoms with Crippen LogP contribution < -0.4 is 11.1 Å². The number of nitrogens with zero attached hydrogens (tertiary/aromatic N) is 2. The number of nitrogens with two attached hydrogens (primary N) is 1. The number of carbonyl (C=O) groups excluding carboxylic acids is 2. The summed E-state index contributed by atoms with van der Waals surface area (Å²) in [5.74, 6) is -0.467. The molecule has 4 atom stereocenters. The van der Waals surface area contributed by atoms with Gasteiger partial charge in [0.15, 0.2) is 0 Å². The van der Waals surface area contributed by atoms with Gasteiger partial charge in [-0.05, 0) is 36.3 Å². The van der Waals surface area contributed by atoms with Crippen molar-refractivity contribution in [3.63, 3.8) is 0 Å². The van der Waals surface area contributed by atoms with Crippen molar-refractivity contribution in [1.29, 1.82) is 0 Å². The Bertz CT molecular complexity index is 1220. The zero-order chi connectivity index (χ0) is 29.9. The number of aromatic nitrogens is 1. The molecule has 4 N–H and O–H groups in total. The van der Waals surface area contributed by atoms with E-state index >= 15 is 0 Å². The van der Waals surface area contributed by atoms with E-state index in [1.54, 1.807) is 23.3 Å². The van der Waals surface area contributed by atoms with Crippen LogP contribution >= 0.6 is 11.3 Å². The van der Waals surface area contributed by atoms with Gasteiger partial charge in [0.1, 0.15) is 0 Å². The van der Waals surface area contributed by atoms with Gasteiger partial charge >= 0.3 is 0 Å². The maximum atomic E-state index is 13.6. The lowest BCUT2D eigenvalue weighted by Gasteiger charge is -2.29. The molecule has 3 rings (SSSR count). The van der Waals surface area contributed by atoms with E-state index in [4.69, 9.17) is 5.73 Å². The molecule has 0 aliphatic rings. The smallest absolute Gasteiger partial charge is 0.224 e. The third-order valence-electron chi connectivity index (χ3n) is 7.43. The van der Waals surface area contributed by atoms with Gasteiger partial charge in [0, 0.05) is 42.8 Å². The van der Waals surface area contributed by atoms with Crippen molar-refractivity contribution in [2.24, 2.45) is 17.6 Å². The topological polar surface area (TPSA) is 109 Å². The lowest BCUT2D eigenvalue weighted by Crippen LogP contribution is -2.47. The highest BCUT2D eigenvalue weighted by molar-refractivity contribution is 7.09. The van der Waals surface area contributed by atoms with E-state index in [0.717, 1.165) is 21.8 Å². The minimum absolute atomic E-state index is 0.0400. The van der Waals surface area contributed by atoms with Gasteiger partial charge in [-0.2, -0.15) is 0 Å². The molecule has 0 radical (unpaired) electrons. The van der Waals surface area contributed by atoms with Gasteiger partial charge in [-0.1, -0.05) is 88.4 Å². The summed E-state index contributed by atoms with van der Waals surface area (Å²) in [5, 5.41) is 17.3. The first-order valence-corrected chi connectivity index (χ1v) is 15.4. The van der Waals surface area contributed by atoms with Crippen molar-refractivity contribution in [3.05, 3.63) is 87.9 Å². The second kappa shape index (κ2) is 15.8. The zero-order valence-electron chi connectivity index (χ0n) is 25.0. The summed E-state index contributed by atoms with van der Waals surface area (Å²) in [7, 11) is 1.76. The first-order chi connectivity index (χ1) is 19.5. The van der Waals surface area contributed by atoms with E-state index in [2.05, 4.69) is 24.1 Å². The second-order valence-corrected chi connectivity index (χ2v) is 12.6. The van der Waals surface area contributed by atoms with E-state index in [-0.39, 0.29) is 30.2 Å². The van der Waals surface area contributed by atoms with Gasteiger partial charge in [0.2, 0.25) is 11.8 Å². The van der Waals surface area contributed by atoms with Gasteiger partial charge in [-0.3, -0.25) is 9.59 Å². The van der Waals surface area contributed by atoms with Crippen LogP contribution in [-0.2, 0) is 29.0 Å². The van der Waals surface area contributed by atoms with Crippen LogP contribution in [0, 0.1) is 11.8 Å². The second-order valence-electron chi connectivity index (χ2n) is 11.7. The van der Waals surface area contributed by atoms with E-state index < -0.39 is 18.1 Å². The Balaban J connectivity index is 1.66. The Morgan fingerprint density at radius 3 is 2.10 bits per heavy atom. The number of aliphatic hydroxyl groups excluding tert-OH is 1. The summed E-state index contributed by atoms with van der Waals surface area (Å²) < 4.78 is 0. The van der Waals surface area contributed by atoms with Crippen molar-refractivity contribution in [1.82, 2.24) is 15.2 Å². The lowest BCUT2D eigenvalue weighted by atomic mass is 9.89. The highest BCUT2D eigenvalue weighted by Gasteiger charge is 2.30.